The summed E-state index contributed by atoms with van der Waals surface area (Å²) in [6.07, 6.45) is 6.44. The van der Waals surface area contributed by atoms with Crippen molar-refractivity contribution < 1.29 is 14.3 Å². The van der Waals surface area contributed by atoms with E-state index >= 15 is 0 Å². The number of halogens is 1. The highest BCUT2D eigenvalue weighted by atomic mass is 35.5. The molecule has 4 aromatic rings. The van der Waals surface area contributed by atoms with Crippen LogP contribution in [0.2, 0.25) is 5.15 Å². The minimum absolute atomic E-state index is 0.0113. The number of ether oxygens (including phenoxy) is 1. The number of hydrogen-bond donors (Lipinski definition) is 2. The van der Waals surface area contributed by atoms with E-state index in [-0.39, 0.29) is 23.6 Å². The lowest BCUT2D eigenvalue weighted by Gasteiger charge is -2.34. The maximum atomic E-state index is 13.0. The summed E-state index contributed by atoms with van der Waals surface area (Å²) in [4.78, 5) is 40.9. The topological polar surface area (TPSA) is 128 Å². The third-order valence-electron chi connectivity index (χ3n) is 7.46. The summed E-state index contributed by atoms with van der Waals surface area (Å²) in [5.41, 5.74) is 8.60. The van der Waals surface area contributed by atoms with Crippen LogP contribution in [0, 0.1) is 0 Å². The standard InChI is InChI=1S/C28H28ClN7O3/c1-2-39-20-13-16(28(38)33-22-5-3-4-12-31-22)7-10-19(20)24-25-26(30)32-14-21(29)36(25)27(34-24)17-6-8-18-9-11-23(37)35(18)15-17/h3-5,7,10,12-14,17-18H,2,6,8-9,11,15H2,1H3,(H2,30,32)(H,31,33,38)/t17-,18+/m1/s1. The minimum atomic E-state index is -0.312. The minimum Gasteiger partial charge on any atom is -0.493 e. The van der Waals surface area contributed by atoms with Crippen molar-refractivity contribution in [1.29, 1.82) is 0 Å². The zero-order valence-electron chi connectivity index (χ0n) is 21.4. The molecule has 0 unspecified atom stereocenters. The largest absolute Gasteiger partial charge is 0.493 e. The number of piperidine rings is 1. The van der Waals surface area contributed by atoms with Crippen molar-refractivity contribution in [2.24, 2.45) is 0 Å². The number of imidazole rings is 1. The highest BCUT2D eigenvalue weighted by molar-refractivity contribution is 6.30. The van der Waals surface area contributed by atoms with Gasteiger partial charge in [0, 0.05) is 42.2 Å². The van der Waals surface area contributed by atoms with E-state index in [1.807, 2.05) is 16.2 Å². The Bertz CT molecular complexity index is 1570. The van der Waals surface area contributed by atoms with Crippen LogP contribution in [0.25, 0.3) is 16.8 Å². The molecule has 2 amide bonds. The van der Waals surface area contributed by atoms with Crippen LogP contribution >= 0.6 is 11.6 Å². The van der Waals surface area contributed by atoms with Gasteiger partial charge in [-0.2, -0.15) is 0 Å². The number of rotatable bonds is 6. The molecule has 3 N–H and O–H groups in total. The maximum absolute atomic E-state index is 13.0. The van der Waals surface area contributed by atoms with Gasteiger partial charge in [0.25, 0.3) is 5.91 Å². The Kier molecular flexibility index (Phi) is 6.56. The fraction of sp³-hybridized carbons (Fsp3) is 0.321. The Balaban J connectivity index is 1.43. The number of nitrogens with one attached hydrogen (secondary N) is 1. The van der Waals surface area contributed by atoms with Crippen LogP contribution in [0.4, 0.5) is 11.6 Å². The summed E-state index contributed by atoms with van der Waals surface area (Å²) < 4.78 is 7.82. The number of carbonyl (C=O) groups is 2. The van der Waals surface area contributed by atoms with Crippen LogP contribution in [-0.4, -0.2) is 55.3 Å². The number of aromatic nitrogens is 4. The van der Waals surface area contributed by atoms with E-state index in [4.69, 9.17) is 27.1 Å². The molecular weight excluding hydrogens is 518 g/mol. The molecule has 2 aliphatic heterocycles. The SMILES string of the molecule is CCOc1cc(C(=O)Nc2ccccn2)ccc1-c1nc([C@@H]2CC[C@H]3CCC(=O)N3C2)n2c(Cl)cnc(N)c12. The second-order valence-corrected chi connectivity index (χ2v) is 10.2. The monoisotopic (exact) mass is 545 g/mol. The van der Waals surface area contributed by atoms with Crippen LogP contribution in [0.5, 0.6) is 5.75 Å². The number of pyridine rings is 1. The molecule has 2 aliphatic rings. The van der Waals surface area contributed by atoms with Gasteiger partial charge in [-0.1, -0.05) is 17.7 Å². The second-order valence-electron chi connectivity index (χ2n) is 9.79. The number of nitrogens with zero attached hydrogens (tertiary/aromatic N) is 5. The van der Waals surface area contributed by atoms with Crippen molar-refractivity contribution >= 4 is 40.6 Å². The zero-order chi connectivity index (χ0) is 27.1. The molecule has 0 saturated carbocycles. The summed E-state index contributed by atoms with van der Waals surface area (Å²) in [6.45, 7) is 2.84. The molecule has 0 radical (unpaired) electrons. The lowest BCUT2D eigenvalue weighted by molar-refractivity contribution is -0.130. The molecule has 3 aromatic heterocycles. The second kappa shape index (κ2) is 10.2. The molecule has 2 fully saturated rings. The van der Waals surface area contributed by atoms with Crippen LogP contribution in [-0.2, 0) is 4.79 Å². The van der Waals surface area contributed by atoms with Gasteiger partial charge in [0.2, 0.25) is 5.91 Å². The predicted octanol–water partition coefficient (Wildman–Crippen LogP) is 4.55. The van der Waals surface area contributed by atoms with Crippen molar-refractivity contribution in [3.05, 3.63) is 65.3 Å². The highest BCUT2D eigenvalue weighted by Gasteiger charge is 2.38. The van der Waals surface area contributed by atoms with E-state index < -0.39 is 0 Å². The third kappa shape index (κ3) is 4.54. The fourth-order valence-electron chi connectivity index (χ4n) is 5.63. The summed E-state index contributed by atoms with van der Waals surface area (Å²) >= 11 is 6.67. The highest BCUT2D eigenvalue weighted by Crippen LogP contribution is 2.41. The first-order valence-electron chi connectivity index (χ1n) is 13.1. The molecular formula is C28H28ClN7O3. The Morgan fingerprint density at radius 3 is 2.87 bits per heavy atom. The molecule has 2 atom stereocenters. The number of hydrogen-bond acceptors (Lipinski definition) is 7. The summed E-state index contributed by atoms with van der Waals surface area (Å²) in [5.74, 6) is 1.81. The van der Waals surface area contributed by atoms with E-state index in [1.54, 1.807) is 42.6 Å². The maximum Gasteiger partial charge on any atom is 0.256 e. The van der Waals surface area contributed by atoms with Gasteiger partial charge in [0.1, 0.15) is 39.6 Å². The average Bonchev–Trinajstić information content (AvgIpc) is 3.53. The van der Waals surface area contributed by atoms with Crippen molar-refractivity contribution in [1.82, 2.24) is 24.3 Å². The Hall–Kier alpha value is -4.18. The predicted molar refractivity (Wildman–Crippen MR) is 148 cm³/mol. The van der Waals surface area contributed by atoms with Crippen molar-refractivity contribution in [3.8, 4) is 17.0 Å². The number of nitrogens with two attached hydrogens (primary N) is 1. The molecule has 39 heavy (non-hydrogen) atoms. The van der Waals surface area contributed by atoms with Gasteiger partial charge in [-0.15, -0.1) is 0 Å². The molecule has 0 aliphatic carbocycles. The van der Waals surface area contributed by atoms with Gasteiger partial charge in [-0.25, -0.2) is 15.0 Å². The molecule has 11 heteroatoms. The molecule has 200 valence electrons. The first-order chi connectivity index (χ1) is 18.9. The Labute approximate surface area is 230 Å². The van der Waals surface area contributed by atoms with E-state index in [1.165, 1.54) is 6.20 Å². The smallest absolute Gasteiger partial charge is 0.256 e. The van der Waals surface area contributed by atoms with Crippen LogP contribution in [0.1, 0.15) is 54.7 Å². The van der Waals surface area contributed by atoms with Gasteiger partial charge < -0.3 is 20.7 Å². The van der Waals surface area contributed by atoms with E-state index in [0.29, 0.717) is 64.7 Å². The van der Waals surface area contributed by atoms with Crippen molar-refractivity contribution in [2.75, 3.05) is 24.2 Å². The molecule has 1 aromatic carbocycles. The number of benzene rings is 1. The third-order valence-corrected chi connectivity index (χ3v) is 7.72. The molecule has 5 heterocycles. The number of anilines is 2. The summed E-state index contributed by atoms with van der Waals surface area (Å²) in [7, 11) is 0. The van der Waals surface area contributed by atoms with Gasteiger partial charge in [0.15, 0.2) is 0 Å². The van der Waals surface area contributed by atoms with Crippen molar-refractivity contribution in [3.63, 3.8) is 0 Å². The quantitative estimate of drug-likeness (QED) is 0.364. The van der Waals surface area contributed by atoms with Gasteiger partial charge >= 0.3 is 0 Å². The zero-order valence-corrected chi connectivity index (χ0v) is 22.2. The molecule has 6 rings (SSSR count). The Morgan fingerprint density at radius 2 is 2.08 bits per heavy atom. The van der Waals surface area contributed by atoms with E-state index in [9.17, 15) is 9.59 Å². The first kappa shape index (κ1) is 25.1. The molecule has 0 bridgehead atoms. The van der Waals surface area contributed by atoms with Gasteiger partial charge in [-0.05, 0) is 56.5 Å². The van der Waals surface area contributed by atoms with Gasteiger partial charge in [-0.3, -0.25) is 14.0 Å². The number of carbonyl (C=O) groups excluding carboxylic acids is 2. The fourth-order valence-corrected chi connectivity index (χ4v) is 5.85. The lowest BCUT2D eigenvalue weighted by atomic mass is 9.92. The Morgan fingerprint density at radius 1 is 1.21 bits per heavy atom. The molecule has 0 spiro atoms. The van der Waals surface area contributed by atoms with Crippen LogP contribution < -0.4 is 15.8 Å². The van der Waals surface area contributed by atoms with Crippen molar-refractivity contribution in [2.45, 2.75) is 44.6 Å². The van der Waals surface area contributed by atoms with E-state index in [2.05, 4.69) is 15.3 Å². The first-order valence-corrected chi connectivity index (χ1v) is 13.4. The normalized spacial score (nSPS) is 18.8. The molecule has 10 nitrogen and oxygen atoms in total. The summed E-state index contributed by atoms with van der Waals surface area (Å²) in [6, 6.07) is 10.8. The van der Waals surface area contributed by atoms with E-state index in [0.717, 1.165) is 25.1 Å². The number of amides is 2. The summed E-state index contributed by atoms with van der Waals surface area (Å²) in [5, 5.41) is 3.18. The average molecular weight is 546 g/mol. The van der Waals surface area contributed by atoms with Crippen LogP contribution in [0.15, 0.2) is 48.8 Å². The number of nitrogen functional groups attached to an aromatic ring is 1. The number of fused-ring (bicyclic) bond motifs is 2. The van der Waals surface area contributed by atoms with Gasteiger partial charge in [0.05, 0.1) is 12.8 Å². The molecule has 2 saturated heterocycles. The lowest BCUT2D eigenvalue weighted by Crippen LogP contribution is -2.41. The van der Waals surface area contributed by atoms with Crippen LogP contribution in [0.3, 0.4) is 0 Å².